The molecule has 0 spiro atoms. The molecule has 4 heteroatoms. The molecule has 3 rings (SSSR count). The first-order chi connectivity index (χ1) is 14.4. The van der Waals surface area contributed by atoms with Gasteiger partial charge in [0.15, 0.2) is 6.10 Å². The molecule has 0 aromatic heterocycles. The molecule has 0 saturated carbocycles. The summed E-state index contributed by atoms with van der Waals surface area (Å²) in [6.45, 7) is 12.7. The first-order valence-corrected chi connectivity index (χ1v) is 11.3. The Hall–Kier alpha value is -2.49. The van der Waals surface area contributed by atoms with Gasteiger partial charge in [-0.1, -0.05) is 32.0 Å². The highest BCUT2D eigenvalue weighted by Gasteiger charge is 2.21. The number of amides is 1. The minimum atomic E-state index is -0.497. The molecule has 1 aliphatic rings. The predicted molar refractivity (Wildman–Crippen MR) is 124 cm³/mol. The molecule has 1 saturated heterocycles. The molecule has 1 fully saturated rings. The van der Waals surface area contributed by atoms with Crippen LogP contribution in [0.3, 0.4) is 0 Å². The minimum absolute atomic E-state index is 0.0655. The zero-order chi connectivity index (χ0) is 21.7. The Balaban J connectivity index is 1.60. The van der Waals surface area contributed by atoms with Gasteiger partial charge in [0.25, 0.3) is 5.91 Å². The molecule has 30 heavy (non-hydrogen) atoms. The van der Waals surface area contributed by atoms with Gasteiger partial charge in [0.2, 0.25) is 0 Å². The molecule has 0 radical (unpaired) electrons. The van der Waals surface area contributed by atoms with Gasteiger partial charge in [-0.05, 0) is 86.9 Å². The lowest BCUT2D eigenvalue weighted by atomic mass is 9.99. The molecule has 0 aliphatic carbocycles. The van der Waals surface area contributed by atoms with E-state index in [1.54, 1.807) is 0 Å². The third-order valence-corrected chi connectivity index (χ3v) is 6.19. The molecule has 1 aliphatic heterocycles. The van der Waals surface area contributed by atoms with E-state index in [0.29, 0.717) is 6.42 Å². The summed E-state index contributed by atoms with van der Waals surface area (Å²) < 4.78 is 5.99. The number of ether oxygens (including phenoxy) is 1. The Labute approximate surface area is 181 Å². The summed E-state index contributed by atoms with van der Waals surface area (Å²) >= 11 is 0. The molecular formula is C26H36N2O2. The molecule has 2 aromatic rings. The highest BCUT2D eigenvalue weighted by Crippen LogP contribution is 2.25. The van der Waals surface area contributed by atoms with E-state index in [4.69, 9.17) is 4.74 Å². The summed E-state index contributed by atoms with van der Waals surface area (Å²) in [6, 6.07) is 14.5. The summed E-state index contributed by atoms with van der Waals surface area (Å²) in [5.41, 5.74) is 4.77. The third kappa shape index (κ3) is 5.56. The summed E-state index contributed by atoms with van der Waals surface area (Å²) in [6.07, 6.45) is 2.70. The first kappa shape index (κ1) is 22.2. The van der Waals surface area contributed by atoms with Crippen LogP contribution in [-0.2, 0) is 4.79 Å². The third-order valence-electron chi connectivity index (χ3n) is 6.19. The lowest BCUT2D eigenvalue weighted by molar-refractivity contribution is -0.128. The van der Waals surface area contributed by atoms with Gasteiger partial charge in [-0.3, -0.25) is 4.79 Å². The number of benzene rings is 2. The van der Waals surface area contributed by atoms with Crippen LogP contribution in [0, 0.1) is 19.8 Å². The SMILES string of the molecule is CCC(Oc1ccc(C)c(C)c1)C(=O)NC(C)c1ccc(N2CCCC(C)C2)cc1. The van der Waals surface area contributed by atoms with Crippen LogP contribution in [0.1, 0.15) is 62.8 Å². The molecule has 1 N–H and O–H groups in total. The fourth-order valence-electron chi connectivity index (χ4n) is 4.06. The van der Waals surface area contributed by atoms with Crippen LogP contribution < -0.4 is 15.0 Å². The van der Waals surface area contributed by atoms with E-state index < -0.39 is 6.10 Å². The Morgan fingerprint density at radius 3 is 2.53 bits per heavy atom. The lowest BCUT2D eigenvalue weighted by Crippen LogP contribution is -2.39. The van der Waals surface area contributed by atoms with Crippen LogP contribution in [0.15, 0.2) is 42.5 Å². The summed E-state index contributed by atoms with van der Waals surface area (Å²) in [5, 5.41) is 3.12. The van der Waals surface area contributed by atoms with Gasteiger partial charge in [-0.2, -0.15) is 0 Å². The van der Waals surface area contributed by atoms with Crippen LogP contribution in [0.5, 0.6) is 5.75 Å². The number of rotatable bonds is 7. The standard InChI is InChI=1S/C26H36N2O2/c1-6-25(30-24-14-9-19(3)20(4)16-24)26(29)27-21(5)22-10-12-23(13-11-22)28-15-7-8-18(2)17-28/h9-14,16,18,21,25H,6-8,15,17H2,1-5H3,(H,27,29). The topological polar surface area (TPSA) is 41.6 Å². The van der Waals surface area contributed by atoms with Crippen molar-refractivity contribution in [3.63, 3.8) is 0 Å². The minimum Gasteiger partial charge on any atom is -0.481 e. The van der Waals surface area contributed by atoms with Gasteiger partial charge in [0.05, 0.1) is 6.04 Å². The van der Waals surface area contributed by atoms with Crippen molar-refractivity contribution < 1.29 is 9.53 Å². The number of hydrogen-bond acceptors (Lipinski definition) is 3. The maximum Gasteiger partial charge on any atom is 0.261 e. The van der Waals surface area contributed by atoms with Crippen molar-refractivity contribution in [3.8, 4) is 5.75 Å². The van der Waals surface area contributed by atoms with E-state index in [1.165, 1.54) is 29.7 Å². The maximum atomic E-state index is 12.8. The first-order valence-electron chi connectivity index (χ1n) is 11.3. The summed E-state index contributed by atoms with van der Waals surface area (Å²) in [5.74, 6) is 1.42. The quantitative estimate of drug-likeness (QED) is 0.651. The van der Waals surface area contributed by atoms with Gasteiger partial charge in [0, 0.05) is 18.8 Å². The Morgan fingerprint density at radius 2 is 1.90 bits per heavy atom. The molecule has 2 aromatic carbocycles. The van der Waals surface area contributed by atoms with Crippen LogP contribution in [0.25, 0.3) is 0 Å². The van der Waals surface area contributed by atoms with Gasteiger partial charge in [-0.25, -0.2) is 0 Å². The number of aryl methyl sites for hydroxylation is 2. The largest absolute Gasteiger partial charge is 0.481 e. The highest BCUT2D eigenvalue weighted by atomic mass is 16.5. The summed E-state index contributed by atoms with van der Waals surface area (Å²) in [4.78, 5) is 15.3. The van der Waals surface area contributed by atoms with Crippen molar-refractivity contribution >= 4 is 11.6 Å². The van der Waals surface area contributed by atoms with E-state index in [9.17, 15) is 4.79 Å². The van der Waals surface area contributed by atoms with Crippen LogP contribution in [0.4, 0.5) is 5.69 Å². The highest BCUT2D eigenvalue weighted by molar-refractivity contribution is 5.81. The molecular weight excluding hydrogens is 372 g/mol. The van der Waals surface area contributed by atoms with E-state index in [2.05, 4.69) is 55.3 Å². The second kappa shape index (κ2) is 10.0. The maximum absolute atomic E-state index is 12.8. The molecule has 1 amide bonds. The van der Waals surface area contributed by atoms with Crippen molar-refractivity contribution in [1.82, 2.24) is 5.32 Å². The fourth-order valence-corrected chi connectivity index (χ4v) is 4.06. The molecule has 1 heterocycles. The normalized spacial score (nSPS) is 18.6. The van der Waals surface area contributed by atoms with E-state index in [1.807, 2.05) is 32.0 Å². The van der Waals surface area contributed by atoms with Crippen molar-refractivity contribution in [2.24, 2.45) is 5.92 Å². The van der Waals surface area contributed by atoms with Crippen molar-refractivity contribution in [2.75, 3.05) is 18.0 Å². The van der Waals surface area contributed by atoms with Crippen molar-refractivity contribution in [2.45, 2.75) is 66.0 Å². The Kier molecular flexibility index (Phi) is 7.41. The molecule has 162 valence electrons. The smallest absolute Gasteiger partial charge is 0.261 e. The number of nitrogens with zero attached hydrogens (tertiary/aromatic N) is 1. The van der Waals surface area contributed by atoms with Crippen LogP contribution in [0.2, 0.25) is 0 Å². The zero-order valence-corrected chi connectivity index (χ0v) is 19.1. The number of carbonyl (C=O) groups excluding carboxylic acids is 1. The lowest BCUT2D eigenvalue weighted by Gasteiger charge is -2.33. The molecule has 3 atom stereocenters. The number of piperidine rings is 1. The van der Waals surface area contributed by atoms with Gasteiger partial charge in [-0.15, -0.1) is 0 Å². The Morgan fingerprint density at radius 1 is 1.17 bits per heavy atom. The van der Waals surface area contributed by atoms with E-state index in [0.717, 1.165) is 30.3 Å². The Bertz CT molecular complexity index is 847. The monoisotopic (exact) mass is 408 g/mol. The van der Waals surface area contributed by atoms with Crippen LogP contribution >= 0.6 is 0 Å². The van der Waals surface area contributed by atoms with Crippen molar-refractivity contribution in [1.29, 1.82) is 0 Å². The number of nitrogens with one attached hydrogen (secondary N) is 1. The fraction of sp³-hybridized carbons (Fsp3) is 0.500. The van der Waals surface area contributed by atoms with Crippen LogP contribution in [-0.4, -0.2) is 25.1 Å². The summed E-state index contributed by atoms with van der Waals surface area (Å²) in [7, 11) is 0. The number of anilines is 1. The van der Waals surface area contributed by atoms with Gasteiger partial charge < -0.3 is 15.0 Å². The van der Waals surface area contributed by atoms with E-state index >= 15 is 0 Å². The van der Waals surface area contributed by atoms with E-state index in [-0.39, 0.29) is 11.9 Å². The molecule has 4 nitrogen and oxygen atoms in total. The molecule has 3 unspecified atom stereocenters. The number of carbonyl (C=O) groups is 1. The van der Waals surface area contributed by atoms with Gasteiger partial charge >= 0.3 is 0 Å². The molecule has 0 bridgehead atoms. The average Bonchev–Trinajstić information content (AvgIpc) is 2.74. The number of hydrogen-bond donors (Lipinski definition) is 1. The zero-order valence-electron chi connectivity index (χ0n) is 19.1. The van der Waals surface area contributed by atoms with Gasteiger partial charge in [0.1, 0.15) is 5.75 Å². The average molecular weight is 409 g/mol. The van der Waals surface area contributed by atoms with Crippen molar-refractivity contribution in [3.05, 3.63) is 59.2 Å². The second-order valence-corrected chi connectivity index (χ2v) is 8.78. The predicted octanol–water partition coefficient (Wildman–Crippen LogP) is 5.57. The second-order valence-electron chi connectivity index (χ2n) is 8.78.